The van der Waals surface area contributed by atoms with Crippen LogP contribution in [0.15, 0.2) is 60.7 Å². The number of aryl methyl sites for hydroxylation is 1. The lowest BCUT2D eigenvalue weighted by Crippen LogP contribution is -2.42. The third kappa shape index (κ3) is 4.16. The minimum absolute atomic E-state index is 0.333. The zero-order valence-corrected chi connectivity index (χ0v) is 16.9. The molecule has 0 bridgehead atoms. The molecule has 0 aromatic heterocycles. The summed E-state index contributed by atoms with van der Waals surface area (Å²) in [6.07, 6.45) is -4.61. The van der Waals surface area contributed by atoms with Gasteiger partial charge < -0.3 is 14.7 Å². The van der Waals surface area contributed by atoms with Gasteiger partial charge in [0.25, 0.3) is 5.91 Å². The molecule has 1 N–H and O–H groups in total. The van der Waals surface area contributed by atoms with Crippen LogP contribution in [0.25, 0.3) is 0 Å². The lowest BCUT2D eigenvalue weighted by molar-refractivity contribution is -0.137. The highest BCUT2D eigenvalue weighted by atomic mass is 19.4. The number of halogens is 3. The van der Waals surface area contributed by atoms with Gasteiger partial charge >= 0.3 is 13.1 Å². The summed E-state index contributed by atoms with van der Waals surface area (Å²) in [6, 6.07) is 15.7. The summed E-state index contributed by atoms with van der Waals surface area (Å²) < 4.78 is 51.0. The molecular formula is C23H19BF3NO3. The van der Waals surface area contributed by atoms with E-state index in [1.807, 2.05) is 31.2 Å². The lowest BCUT2D eigenvalue weighted by Gasteiger charge is -2.14. The van der Waals surface area contributed by atoms with E-state index in [2.05, 4.69) is 5.32 Å². The smallest absolute Gasteiger partial charge is 0.417 e. The molecule has 1 aliphatic rings. The monoisotopic (exact) mass is 425 g/mol. The van der Waals surface area contributed by atoms with E-state index in [-0.39, 0.29) is 6.92 Å². The fraction of sp³-hybridized carbons (Fsp3) is 0.174. The Hall–Kier alpha value is -3.26. The Labute approximate surface area is 178 Å². The van der Waals surface area contributed by atoms with Gasteiger partial charge in [-0.15, -0.1) is 0 Å². The first-order valence-corrected chi connectivity index (χ1v) is 9.64. The van der Waals surface area contributed by atoms with E-state index in [0.29, 0.717) is 12.3 Å². The van der Waals surface area contributed by atoms with E-state index in [1.54, 1.807) is 19.2 Å². The lowest BCUT2D eigenvalue weighted by atomic mass is 9.54. The molecule has 3 aromatic rings. The third-order valence-electron chi connectivity index (χ3n) is 5.33. The van der Waals surface area contributed by atoms with Gasteiger partial charge in [0.2, 0.25) is 0 Å². The molecule has 3 aromatic carbocycles. The molecule has 0 saturated carbocycles. The van der Waals surface area contributed by atoms with Crippen molar-refractivity contribution in [1.82, 2.24) is 0 Å². The molecule has 0 spiro atoms. The highest BCUT2D eigenvalue weighted by molar-refractivity contribution is 6.81. The molecule has 0 fully saturated rings. The molecule has 1 aliphatic heterocycles. The van der Waals surface area contributed by atoms with Crippen LogP contribution >= 0.6 is 0 Å². The first kappa shape index (κ1) is 21.0. The molecular weight excluding hydrogens is 406 g/mol. The van der Waals surface area contributed by atoms with E-state index < -0.39 is 23.2 Å². The molecule has 0 aliphatic carbocycles. The Kier molecular flexibility index (Phi) is 5.49. The van der Waals surface area contributed by atoms with Crippen molar-refractivity contribution in [3.8, 4) is 5.75 Å². The average molecular weight is 425 g/mol. The number of carbonyl (C=O) groups excluding carboxylic acids is 1. The van der Waals surface area contributed by atoms with Crippen LogP contribution in [-0.4, -0.2) is 19.9 Å². The fourth-order valence-electron chi connectivity index (χ4n) is 3.76. The minimum atomic E-state index is -4.61. The van der Waals surface area contributed by atoms with Crippen molar-refractivity contribution in [3.05, 3.63) is 82.9 Å². The highest BCUT2D eigenvalue weighted by Gasteiger charge is 2.35. The predicted molar refractivity (Wildman–Crippen MR) is 113 cm³/mol. The second-order valence-corrected chi connectivity index (χ2v) is 7.32. The number of nitrogens with one attached hydrogen (secondary N) is 1. The number of anilines is 1. The summed E-state index contributed by atoms with van der Waals surface area (Å²) in [5, 5.41) is 2.59. The second kappa shape index (κ2) is 8.11. The summed E-state index contributed by atoms with van der Waals surface area (Å²) in [4.78, 5) is 12.6. The van der Waals surface area contributed by atoms with E-state index in [4.69, 9.17) is 9.39 Å². The van der Waals surface area contributed by atoms with Crippen molar-refractivity contribution < 1.29 is 27.4 Å². The molecule has 8 heteroatoms. The van der Waals surface area contributed by atoms with Gasteiger partial charge in [-0.1, -0.05) is 24.3 Å². The van der Waals surface area contributed by atoms with Crippen LogP contribution in [0.2, 0.25) is 0 Å². The number of hydrogen-bond acceptors (Lipinski definition) is 3. The van der Waals surface area contributed by atoms with Gasteiger partial charge in [-0.3, -0.25) is 4.79 Å². The SMILES string of the molecule is COc1ccc(B2OCc3ccc(NC(=O)c4ccccc4C(F)(F)F)cc32)c(C)c1. The third-order valence-corrected chi connectivity index (χ3v) is 5.33. The molecule has 31 heavy (non-hydrogen) atoms. The number of ether oxygens (including phenoxy) is 1. The van der Waals surface area contributed by atoms with Crippen LogP contribution in [0.1, 0.15) is 27.0 Å². The van der Waals surface area contributed by atoms with Crippen molar-refractivity contribution in [1.29, 1.82) is 0 Å². The Morgan fingerprint density at radius 3 is 2.55 bits per heavy atom. The van der Waals surface area contributed by atoms with E-state index in [9.17, 15) is 18.0 Å². The van der Waals surface area contributed by atoms with Gasteiger partial charge in [0.05, 0.1) is 24.8 Å². The standard InChI is InChI=1S/C23H19BF3NO3/c1-14-11-17(30-2)9-10-20(14)24-21-12-16(8-7-15(21)13-31-24)28-22(29)18-5-3-4-6-19(18)23(25,26)27/h3-12H,13H2,1-2H3,(H,28,29). The van der Waals surface area contributed by atoms with E-state index in [0.717, 1.165) is 39.9 Å². The van der Waals surface area contributed by atoms with Gasteiger partial charge in [-0.05, 0) is 65.4 Å². The van der Waals surface area contributed by atoms with Gasteiger partial charge in [0.1, 0.15) is 5.75 Å². The number of amides is 1. The number of fused-ring (bicyclic) bond motifs is 1. The van der Waals surface area contributed by atoms with Crippen molar-refractivity contribution in [3.63, 3.8) is 0 Å². The Balaban J connectivity index is 1.63. The van der Waals surface area contributed by atoms with Crippen LogP contribution < -0.4 is 21.0 Å². The summed E-state index contributed by atoms with van der Waals surface area (Å²) in [6.45, 7) is 2.04. The molecule has 1 heterocycles. The summed E-state index contributed by atoms with van der Waals surface area (Å²) in [5.41, 5.74) is 2.81. The Morgan fingerprint density at radius 2 is 1.84 bits per heavy atom. The topological polar surface area (TPSA) is 47.6 Å². The molecule has 1 amide bonds. The summed E-state index contributed by atoms with van der Waals surface area (Å²) in [5.74, 6) is -0.0761. The summed E-state index contributed by atoms with van der Waals surface area (Å²) >= 11 is 0. The van der Waals surface area contributed by atoms with Crippen molar-refractivity contribution in [2.75, 3.05) is 12.4 Å². The Morgan fingerprint density at radius 1 is 1.06 bits per heavy atom. The normalized spacial score (nSPS) is 13.1. The van der Waals surface area contributed by atoms with Crippen LogP contribution in [0.4, 0.5) is 18.9 Å². The van der Waals surface area contributed by atoms with Crippen LogP contribution in [0.5, 0.6) is 5.75 Å². The van der Waals surface area contributed by atoms with Crippen molar-refractivity contribution in [2.45, 2.75) is 19.7 Å². The largest absolute Gasteiger partial charge is 0.497 e. The first-order chi connectivity index (χ1) is 14.8. The van der Waals surface area contributed by atoms with Gasteiger partial charge in [-0.25, -0.2) is 0 Å². The summed E-state index contributed by atoms with van der Waals surface area (Å²) in [7, 11) is 1.60. The molecule has 4 nitrogen and oxygen atoms in total. The van der Waals surface area contributed by atoms with Crippen LogP contribution in [-0.2, 0) is 17.4 Å². The van der Waals surface area contributed by atoms with Crippen LogP contribution in [0, 0.1) is 6.92 Å². The minimum Gasteiger partial charge on any atom is -0.497 e. The molecule has 158 valence electrons. The number of rotatable bonds is 4. The van der Waals surface area contributed by atoms with Gasteiger partial charge in [-0.2, -0.15) is 13.2 Å². The number of alkyl halides is 3. The molecule has 4 rings (SSSR count). The fourth-order valence-corrected chi connectivity index (χ4v) is 3.76. The first-order valence-electron chi connectivity index (χ1n) is 9.64. The quantitative estimate of drug-likeness (QED) is 0.645. The Bertz CT molecular complexity index is 1150. The maximum absolute atomic E-state index is 13.3. The number of carbonyl (C=O) groups is 1. The maximum Gasteiger partial charge on any atom is 0.417 e. The molecule has 0 radical (unpaired) electrons. The van der Waals surface area contributed by atoms with Crippen LogP contribution in [0.3, 0.4) is 0 Å². The molecule has 0 saturated heterocycles. The number of hydrogen-bond donors (Lipinski definition) is 1. The molecule has 0 atom stereocenters. The van der Waals surface area contributed by atoms with Crippen molar-refractivity contribution >= 4 is 29.4 Å². The predicted octanol–water partition coefficient (Wildman–Crippen LogP) is 3.91. The zero-order chi connectivity index (χ0) is 22.2. The zero-order valence-electron chi connectivity index (χ0n) is 16.9. The molecule has 0 unspecified atom stereocenters. The highest BCUT2D eigenvalue weighted by Crippen LogP contribution is 2.32. The average Bonchev–Trinajstić information content (AvgIpc) is 3.16. The van der Waals surface area contributed by atoms with Gasteiger partial charge in [0, 0.05) is 5.69 Å². The number of methoxy groups -OCH3 is 1. The van der Waals surface area contributed by atoms with E-state index in [1.165, 1.54) is 12.1 Å². The maximum atomic E-state index is 13.3. The number of benzene rings is 3. The second-order valence-electron chi connectivity index (χ2n) is 7.32. The van der Waals surface area contributed by atoms with Gasteiger partial charge in [0.15, 0.2) is 0 Å². The van der Waals surface area contributed by atoms with Crippen molar-refractivity contribution in [2.24, 2.45) is 0 Å². The van der Waals surface area contributed by atoms with E-state index >= 15 is 0 Å².